The molecule has 0 bridgehead atoms. The van der Waals surface area contributed by atoms with Crippen LogP contribution in [0, 0.1) is 0 Å². The van der Waals surface area contributed by atoms with E-state index >= 15 is 0 Å². The van der Waals surface area contributed by atoms with Crippen molar-refractivity contribution in [1.29, 1.82) is 0 Å². The number of methoxy groups -OCH3 is 1. The maximum atomic E-state index is 11.0. The van der Waals surface area contributed by atoms with Crippen LogP contribution >= 0.6 is 0 Å². The Balaban J connectivity index is 2.55. The highest BCUT2D eigenvalue weighted by atomic mass is 16.7. The Kier molecular flexibility index (Phi) is 4.74. The highest BCUT2D eigenvalue weighted by molar-refractivity contribution is 5.69. The van der Waals surface area contributed by atoms with Gasteiger partial charge in [-0.15, -0.1) is 0 Å². The van der Waals surface area contributed by atoms with E-state index in [1.807, 2.05) is 0 Å². The maximum absolute atomic E-state index is 11.0. The van der Waals surface area contributed by atoms with Crippen molar-refractivity contribution < 1.29 is 19.0 Å². The zero-order valence-corrected chi connectivity index (χ0v) is 10.3. The molecule has 1 rings (SSSR count). The molecular weight excluding hydrogens is 226 g/mol. The van der Waals surface area contributed by atoms with E-state index < -0.39 is 11.8 Å². The first-order valence-corrected chi connectivity index (χ1v) is 5.41. The molecule has 0 aromatic rings. The third-order valence-corrected chi connectivity index (χ3v) is 2.53. The molecule has 1 saturated heterocycles. The molecule has 0 amide bonds. The van der Waals surface area contributed by atoms with E-state index in [-0.39, 0.29) is 18.5 Å². The molecule has 0 spiro atoms. The van der Waals surface area contributed by atoms with Crippen LogP contribution in [0.2, 0.25) is 0 Å². The molecule has 7 nitrogen and oxygen atoms in total. The van der Waals surface area contributed by atoms with Crippen LogP contribution in [-0.4, -0.2) is 37.6 Å². The van der Waals surface area contributed by atoms with Crippen molar-refractivity contribution in [3.8, 4) is 0 Å². The second-order valence-corrected chi connectivity index (χ2v) is 4.25. The minimum atomic E-state index is -0.668. The molecule has 0 aromatic carbocycles. The first-order chi connectivity index (χ1) is 7.98. The Morgan fingerprint density at radius 2 is 2.41 bits per heavy atom. The molecule has 0 unspecified atom stereocenters. The lowest BCUT2D eigenvalue weighted by atomic mass is 10.1. The number of carbonyl (C=O) groups is 1. The average molecular weight is 243 g/mol. The van der Waals surface area contributed by atoms with Gasteiger partial charge in [-0.1, -0.05) is 5.11 Å². The monoisotopic (exact) mass is 243 g/mol. The molecule has 17 heavy (non-hydrogen) atoms. The number of nitrogens with zero attached hydrogens (tertiary/aromatic N) is 3. The van der Waals surface area contributed by atoms with Crippen LogP contribution in [0.1, 0.15) is 26.7 Å². The van der Waals surface area contributed by atoms with Gasteiger partial charge in [0.25, 0.3) is 0 Å². The Morgan fingerprint density at radius 3 is 2.88 bits per heavy atom. The Morgan fingerprint density at radius 1 is 1.71 bits per heavy atom. The van der Waals surface area contributed by atoms with Gasteiger partial charge in [0, 0.05) is 11.3 Å². The number of ether oxygens (including phenoxy) is 3. The van der Waals surface area contributed by atoms with Crippen molar-refractivity contribution >= 4 is 5.97 Å². The van der Waals surface area contributed by atoms with Gasteiger partial charge < -0.3 is 14.2 Å². The minimum Gasteiger partial charge on any atom is -0.469 e. The van der Waals surface area contributed by atoms with Crippen molar-refractivity contribution in [2.75, 3.05) is 13.7 Å². The minimum absolute atomic E-state index is 0.195. The highest BCUT2D eigenvalue weighted by Crippen LogP contribution is 2.27. The van der Waals surface area contributed by atoms with Crippen molar-refractivity contribution in [2.24, 2.45) is 5.11 Å². The number of esters is 1. The molecule has 2 atom stereocenters. The fourth-order valence-corrected chi connectivity index (χ4v) is 1.66. The molecule has 1 fully saturated rings. The molecule has 0 saturated carbocycles. The largest absolute Gasteiger partial charge is 0.469 e. The van der Waals surface area contributed by atoms with Crippen molar-refractivity contribution in [3.05, 3.63) is 10.4 Å². The maximum Gasteiger partial charge on any atom is 0.305 e. The predicted molar refractivity (Wildman–Crippen MR) is 59.1 cm³/mol. The summed E-state index contributed by atoms with van der Waals surface area (Å²) in [5.74, 6) is -1.000. The summed E-state index contributed by atoms with van der Waals surface area (Å²) in [7, 11) is 1.32. The van der Waals surface area contributed by atoms with E-state index in [1.165, 1.54) is 7.11 Å². The van der Waals surface area contributed by atoms with E-state index in [1.54, 1.807) is 13.8 Å². The van der Waals surface area contributed by atoms with Gasteiger partial charge in [0.15, 0.2) is 5.79 Å². The van der Waals surface area contributed by atoms with E-state index in [4.69, 9.17) is 15.0 Å². The molecule has 1 aliphatic rings. The normalized spacial score (nSPS) is 23.8. The van der Waals surface area contributed by atoms with Gasteiger partial charge in [0.05, 0.1) is 25.9 Å². The summed E-state index contributed by atoms with van der Waals surface area (Å²) in [4.78, 5) is 13.8. The first kappa shape index (κ1) is 13.8. The topological polar surface area (TPSA) is 93.5 Å². The number of rotatable bonds is 5. The molecular formula is C10H17N3O4. The average Bonchev–Trinajstić information content (AvgIpc) is 2.64. The van der Waals surface area contributed by atoms with Gasteiger partial charge in [0.2, 0.25) is 0 Å². The van der Waals surface area contributed by atoms with Crippen LogP contribution in [0.3, 0.4) is 0 Å². The molecule has 0 radical (unpaired) electrons. The van der Waals surface area contributed by atoms with Crippen LogP contribution in [0.25, 0.3) is 10.4 Å². The molecule has 96 valence electrons. The fraction of sp³-hybridized carbons (Fsp3) is 0.900. The number of hydrogen-bond donors (Lipinski definition) is 0. The lowest BCUT2D eigenvalue weighted by Gasteiger charge is -2.20. The van der Waals surface area contributed by atoms with E-state index in [0.717, 1.165) is 0 Å². The van der Waals surface area contributed by atoms with Crippen LogP contribution in [0.4, 0.5) is 0 Å². The van der Waals surface area contributed by atoms with Crippen molar-refractivity contribution in [1.82, 2.24) is 0 Å². The highest BCUT2D eigenvalue weighted by Gasteiger charge is 2.37. The lowest BCUT2D eigenvalue weighted by Crippen LogP contribution is -2.29. The van der Waals surface area contributed by atoms with E-state index in [0.29, 0.717) is 13.0 Å². The molecule has 0 N–H and O–H groups in total. The molecule has 0 aromatic heterocycles. The second-order valence-electron chi connectivity index (χ2n) is 4.25. The molecule has 7 heteroatoms. The standard InChI is InChI=1S/C10H17N3O4/c1-10(2)16-6-8(17-10)7(12-13-11)4-5-9(14)15-3/h7-8H,4-6H2,1-3H3/t7-,8+/m0/s1. The molecule has 1 aliphatic heterocycles. The zero-order valence-electron chi connectivity index (χ0n) is 10.3. The molecule has 0 aliphatic carbocycles. The van der Waals surface area contributed by atoms with Crippen molar-refractivity contribution in [3.63, 3.8) is 0 Å². The lowest BCUT2D eigenvalue weighted by molar-refractivity contribution is -0.143. The van der Waals surface area contributed by atoms with Crippen LogP contribution in [0.5, 0.6) is 0 Å². The van der Waals surface area contributed by atoms with Crippen molar-refractivity contribution in [2.45, 2.75) is 44.6 Å². The first-order valence-electron chi connectivity index (χ1n) is 5.41. The smallest absolute Gasteiger partial charge is 0.305 e. The van der Waals surface area contributed by atoms with Gasteiger partial charge in [-0.3, -0.25) is 4.79 Å². The molecule has 1 heterocycles. The van der Waals surface area contributed by atoms with Crippen LogP contribution < -0.4 is 0 Å². The van der Waals surface area contributed by atoms with Gasteiger partial charge in [0.1, 0.15) is 0 Å². The number of hydrogen-bond acceptors (Lipinski definition) is 5. The summed E-state index contributed by atoms with van der Waals surface area (Å²) in [5.41, 5.74) is 8.50. The zero-order chi connectivity index (χ0) is 12.9. The Bertz CT molecular complexity index is 326. The summed E-state index contributed by atoms with van der Waals surface area (Å²) in [5, 5.41) is 3.65. The van der Waals surface area contributed by atoms with Gasteiger partial charge in [-0.2, -0.15) is 0 Å². The summed E-state index contributed by atoms with van der Waals surface area (Å²) in [6.45, 7) is 3.94. The Labute approximate surface area is 99.7 Å². The summed E-state index contributed by atoms with van der Waals surface area (Å²) in [6, 6.07) is -0.416. The Hall–Kier alpha value is -1.30. The number of azide groups is 1. The summed E-state index contributed by atoms with van der Waals surface area (Å²) < 4.78 is 15.5. The van der Waals surface area contributed by atoms with Crippen LogP contribution in [0.15, 0.2) is 5.11 Å². The predicted octanol–water partition coefficient (Wildman–Crippen LogP) is 1.77. The van der Waals surface area contributed by atoms with E-state index in [9.17, 15) is 4.79 Å². The quantitative estimate of drug-likeness (QED) is 0.318. The van der Waals surface area contributed by atoms with Gasteiger partial charge in [-0.05, 0) is 25.8 Å². The third-order valence-electron chi connectivity index (χ3n) is 2.53. The fourth-order valence-electron chi connectivity index (χ4n) is 1.66. The van der Waals surface area contributed by atoms with E-state index in [2.05, 4.69) is 14.8 Å². The summed E-state index contributed by atoms with van der Waals surface area (Å²) >= 11 is 0. The SMILES string of the molecule is COC(=O)CC[C@H](N=[N+]=[N-])[C@H]1COC(C)(C)O1. The third kappa shape index (κ3) is 4.22. The second kappa shape index (κ2) is 5.86. The van der Waals surface area contributed by atoms with Crippen LogP contribution in [-0.2, 0) is 19.0 Å². The summed E-state index contributed by atoms with van der Waals surface area (Å²) in [6.07, 6.45) is 0.270. The number of carbonyl (C=O) groups excluding carboxylic acids is 1. The van der Waals surface area contributed by atoms with Gasteiger partial charge >= 0.3 is 5.97 Å². The van der Waals surface area contributed by atoms with Gasteiger partial charge in [-0.25, -0.2) is 0 Å².